The Balaban J connectivity index is 0.000000187. The van der Waals surface area contributed by atoms with Crippen LogP contribution in [0.1, 0.15) is 33.6 Å². The molecule has 2 aromatic carbocycles. The minimum atomic E-state index is -1.04. The second kappa shape index (κ2) is 12.9. The van der Waals surface area contributed by atoms with Gasteiger partial charge in [-0.2, -0.15) is 19.6 Å². The first kappa shape index (κ1) is 30.7. The molecule has 3 aromatic heterocycles. The summed E-state index contributed by atoms with van der Waals surface area (Å²) in [6.45, 7) is 7.21. The summed E-state index contributed by atoms with van der Waals surface area (Å²) < 4.78 is 45.1. The van der Waals surface area contributed by atoms with E-state index in [9.17, 15) is 22.8 Å². The number of fused-ring (bicyclic) bond motifs is 2. The van der Waals surface area contributed by atoms with Gasteiger partial charge in [0, 0.05) is 38.7 Å². The molecule has 230 valence electrons. The van der Waals surface area contributed by atoms with E-state index in [0.717, 1.165) is 12.8 Å². The van der Waals surface area contributed by atoms with Gasteiger partial charge in [-0.1, -0.05) is 30.7 Å². The fourth-order valence-corrected chi connectivity index (χ4v) is 5.27. The Morgan fingerprint density at radius 1 is 1.05 bits per heavy atom. The molecule has 1 fully saturated rings. The number of benzene rings is 2. The monoisotopic (exact) mass is 627 g/mol. The molecule has 44 heavy (non-hydrogen) atoms. The molecule has 0 spiro atoms. The molecule has 6 rings (SSSR count). The van der Waals surface area contributed by atoms with Crippen molar-refractivity contribution in [1.82, 2.24) is 34.4 Å². The van der Waals surface area contributed by atoms with E-state index in [1.54, 1.807) is 12.1 Å². The molecule has 2 amide bonds. The average molecular weight is 628 g/mol. The van der Waals surface area contributed by atoms with Gasteiger partial charge in [0.1, 0.15) is 34.7 Å². The normalized spacial score (nSPS) is 13.6. The van der Waals surface area contributed by atoms with Crippen molar-refractivity contribution in [3.05, 3.63) is 65.3 Å². The maximum Gasteiger partial charge on any atom is 0.328 e. The number of para-hydroxylation sites is 2. The molecule has 5 aromatic rings. The number of anilines is 2. The quantitative estimate of drug-likeness (QED) is 0.246. The third-order valence-electron chi connectivity index (χ3n) is 7.08. The Hall–Kier alpha value is -4.72. The SMILES string of the molecule is CC1CCN(c2c(-c3c(F)cc(F)cc3F)c(Cl)nc3ncnn23)CC1.CCNC(=O)n1c(NC(C)=O)nc2ccccc21. The Morgan fingerprint density at radius 2 is 1.73 bits per heavy atom. The Bertz CT molecular complexity index is 1830. The van der Waals surface area contributed by atoms with E-state index in [-0.39, 0.29) is 34.4 Å². The number of carbonyl (C=O) groups is 2. The van der Waals surface area contributed by atoms with E-state index in [2.05, 4.69) is 37.6 Å². The van der Waals surface area contributed by atoms with Gasteiger partial charge in [-0.25, -0.2) is 27.5 Å². The summed E-state index contributed by atoms with van der Waals surface area (Å²) in [4.78, 5) is 37.4. The summed E-state index contributed by atoms with van der Waals surface area (Å²) in [5.74, 6) is -1.93. The molecule has 0 unspecified atom stereocenters. The summed E-state index contributed by atoms with van der Waals surface area (Å²) in [7, 11) is 0. The number of carbonyl (C=O) groups excluding carboxylic acids is 2. The highest BCUT2D eigenvalue weighted by Crippen LogP contribution is 2.40. The molecule has 11 nitrogen and oxygen atoms in total. The molecule has 1 aliphatic rings. The van der Waals surface area contributed by atoms with E-state index in [0.29, 0.717) is 54.5 Å². The second-order valence-electron chi connectivity index (χ2n) is 10.3. The lowest BCUT2D eigenvalue weighted by Gasteiger charge is -2.33. The maximum atomic E-state index is 14.5. The number of nitrogens with zero attached hydrogens (tertiary/aromatic N) is 7. The van der Waals surface area contributed by atoms with Crippen molar-refractivity contribution in [3.63, 3.8) is 0 Å². The summed E-state index contributed by atoms with van der Waals surface area (Å²) >= 11 is 6.29. The summed E-state index contributed by atoms with van der Waals surface area (Å²) in [6, 6.07) is 8.16. The van der Waals surface area contributed by atoms with Crippen LogP contribution in [0.5, 0.6) is 0 Å². The molecular formula is C29H29ClF3N9O2. The average Bonchev–Trinajstić information content (AvgIpc) is 3.57. The highest BCUT2D eigenvalue weighted by atomic mass is 35.5. The predicted octanol–water partition coefficient (Wildman–Crippen LogP) is 5.67. The Kier molecular flexibility index (Phi) is 8.99. The largest absolute Gasteiger partial charge is 0.356 e. The molecule has 1 saturated heterocycles. The van der Waals surface area contributed by atoms with Crippen LogP contribution in [-0.2, 0) is 4.79 Å². The molecule has 2 N–H and O–H groups in total. The molecule has 1 aliphatic heterocycles. The van der Waals surface area contributed by atoms with E-state index in [4.69, 9.17) is 11.6 Å². The van der Waals surface area contributed by atoms with Gasteiger partial charge < -0.3 is 10.2 Å². The number of amides is 2. The van der Waals surface area contributed by atoms with Crippen LogP contribution >= 0.6 is 11.6 Å². The van der Waals surface area contributed by atoms with Crippen molar-refractivity contribution >= 4 is 52.1 Å². The minimum Gasteiger partial charge on any atom is -0.356 e. The Labute approximate surface area is 255 Å². The van der Waals surface area contributed by atoms with Crippen LogP contribution in [-0.4, -0.2) is 60.7 Å². The third kappa shape index (κ3) is 6.16. The predicted molar refractivity (Wildman–Crippen MR) is 160 cm³/mol. The molecule has 0 aliphatic carbocycles. The van der Waals surface area contributed by atoms with Gasteiger partial charge in [-0.05, 0) is 37.8 Å². The van der Waals surface area contributed by atoms with E-state index >= 15 is 0 Å². The van der Waals surface area contributed by atoms with Gasteiger partial charge in [0.05, 0.1) is 22.2 Å². The fraction of sp³-hybridized carbons (Fsp3) is 0.310. The fourth-order valence-electron chi connectivity index (χ4n) is 5.01. The lowest BCUT2D eigenvalue weighted by atomic mass is 9.98. The van der Waals surface area contributed by atoms with E-state index in [1.807, 2.05) is 24.0 Å². The van der Waals surface area contributed by atoms with E-state index < -0.39 is 23.0 Å². The van der Waals surface area contributed by atoms with Gasteiger partial charge in [0.2, 0.25) is 11.9 Å². The van der Waals surface area contributed by atoms with Crippen LogP contribution in [0.15, 0.2) is 42.7 Å². The van der Waals surface area contributed by atoms with Gasteiger partial charge >= 0.3 is 6.03 Å². The van der Waals surface area contributed by atoms with Crippen molar-refractivity contribution in [3.8, 4) is 11.1 Å². The van der Waals surface area contributed by atoms with Crippen molar-refractivity contribution < 1.29 is 22.8 Å². The van der Waals surface area contributed by atoms with Gasteiger partial charge in [-0.15, -0.1) is 0 Å². The molecule has 15 heteroatoms. The standard InChI is InChI=1S/C17H15ClF3N5.C12H14N4O2/c1-9-2-4-25(5-3-9)16-14(13-11(20)6-10(19)7-12(13)21)15(18)24-17-22-8-23-26(16)17;1-3-13-12(18)16-10-7-5-4-6-9(10)15-11(16)14-8(2)17/h6-9H,2-5H2,1H3;4-7H,3H2,1-2H3,(H,13,18)(H,14,15,17). The minimum absolute atomic E-state index is 0.0502. The number of halogens is 4. The smallest absolute Gasteiger partial charge is 0.328 e. The Morgan fingerprint density at radius 3 is 2.39 bits per heavy atom. The zero-order valence-corrected chi connectivity index (χ0v) is 24.9. The first-order valence-corrected chi connectivity index (χ1v) is 14.3. The highest BCUT2D eigenvalue weighted by Gasteiger charge is 2.29. The van der Waals surface area contributed by atoms with Crippen LogP contribution in [0.4, 0.5) is 29.7 Å². The van der Waals surface area contributed by atoms with Crippen LogP contribution in [0, 0.1) is 23.4 Å². The van der Waals surface area contributed by atoms with E-state index in [1.165, 1.54) is 22.3 Å². The van der Waals surface area contributed by atoms with Crippen LogP contribution < -0.4 is 15.5 Å². The molecular weight excluding hydrogens is 599 g/mol. The maximum absolute atomic E-state index is 14.5. The molecule has 0 bridgehead atoms. The van der Waals surface area contributed by atoms with Gasteiger partial charge in [-0.3, -0.25) is 10.1 Å². The first-order chi connectivity index (χ1) is 21.1. The lowest BCUT2D eigenvalue weighted by Crippen LogP contribution is -2.35. The molecule has 0 atom stereocenters. The number of nitrogens with one attached hydrogen (secondary N) is 2. The highest BCUT2D eigenvalue weighted by molar-refractivity contribution is 6.33. The van der Waals surface area contributed by atoms with Crippen molar-refractivity contribution in [2.45, 2.75) is 33.6 Å². The topological polar surface area (TPSA) is 122 Å². The summed E-state index contributed by atoms with van der Waals surface area (Å²) in [5, 5.41) is 9.27. The van der Waals surface area contributed by atoms with Crippen molar-refractivity contribution in [2.75, 3.05) is 29.9 Å². The summed E-state index contributed by atoms with van der Waals surface area (Å²) in [5.41, 5.74) is 0.948. The zero-order chi connectivity index (χ0) is 31.5. The lowest BCUT2D eigenvalue weighted by molar-refractivity contribution is -0.114. The molecule has 4 heterocycles. The molecule has 0 saturated carbocycles. The number of hydrogen-bond acceptors (Lipinski definition) is 7. The molecule has 0 radical (unpaired) electrons. The van der Waals surface area contributed by atoms with Crippen molar-refractivity contribution in [2.24, 2.45) is 5.92 Å². The summed E-state index contributed by atoms with van der Waals surface area (Å²) in [6.07, 6.45) is 3.14. The number of piperidine rings is 1. The first-order valence-electron chi connectivity index (χ1n) is 13.9. The number of imidazole rings is 1. The second-order valence-corrected chi connectivity index (χ2v) is 10.6. The third-order valence-corrected chi connectivity index (χ3v) is 7.35. The van der Waals surface area contributed by atoms with Crippen LogP contribution in [0.3, 0.4) is 0 Å². The number of aromatic nitrogens is 6. The number of hydrogen-bond donors (Lipinski definition) is 2. The zero-order valence-electron chi connectivity index (χ0n) is 24.1. The van der Waals surface area contributed by atoms with Crippen LogP contribution in [0.25, 0.3) is 27.9 Å². The number of rotatable bonds is 4. The van der Waals surface area contributed by atoms with Gasteiger partial charge in [0.15, 0.2) is 0 Å². The van der Waals surface area contributed by atoms with Crippen molar-refractivity contribution in [1.29, 1.82) is 0 Å². The van der Waals surface area contributed by atoms with Crippen LogP contribution in [0.2, 0.25) is 5.15 Å². The van der Waals surface area contributed by atoms with Gasteiger partial charge in [0.25, 0.3) is 5.78 Å².